The van der Waals surface area contributed by atoms with E-state index in [2.05, 4.69) is 17.3 Å². The number of piperidine rings is 1. The maximum absolute atomic E-state index is 11.0. The Bertz CT molecular complexity index is 459. The van der Waals surface area contributed by atoms with Gasteiger partial charge in [-0.1, -0.05) is 6.42 Å². The first-order valence-corrected chi connectivity index (χ1v) is 6.86. The van der Waals surface area contributed by atoms with Gasteiger partial charge in [-0.15, -0.1) is 0 Å². The number of carboxylic acid groups (broad SMARTS) is 1. The molecule has 1 aliphatic rings. The number of likely N-dealkylation sites (N-methyl/N-ethyl adjacent to an activating group) is 1. The van der Waals surface area contributed by atoms with Gasteiger partial charge in [0.15, 0.2) is 0 Å². The standard InChI is InChI=1S/C15H22N2O2/c1-11-9-12(6-7-14(11)15(18)19)16-10-13-5-3-4-8-17(13)2/h6-7,9,13,16H,3-5,8,10H2,1-2H3,(H,18,19). The molecule has 1 aromatic carbocycles. The van der Waals surface area contributed by atoms with E-state index in [1.807, 2.05) is 19.1 Å². The van der Waals surface area contributed by atoms with Crippen LogP contribution in [0.5, 0.6) is 0 Å². The van der Waals surface area contributed by atoms with Crippen LogP contribution in [0.3, 0.4) is 0 Å². The number of aromatic carboxylic acids is 1. The van der Waals surface area contributed by atoms with Crippen LogP contribution < -0.4 is 5.32 Å². The predicted octanol–water partition coefficient (Wildman–Crippen LogP) is 2.59. The van der Waals surface area contributed by atoms with E-state index < -0.39 is 5.97 Å². The van der Waals surface area contributed by atoms with Crippen molar-refractivity contribution >= 4 is 11.7 Å². The molecule has 19 heavy (non-hydrogen) atoms. The minimum Gasteiger partial charge on any atom is -0.478 e. The van der Waals surface area contributed by atoms with Gasteiger partial charge in [-0.25, -0.2) is 4.79 Å². The fourth-order valence-corrected chi connectivity index (χ4v) is 2.65. The summed E-state index contributed by atoms with van der Waals surface area (Å²) >= 11 is 0. The molecule has 0 spiro atoms. The number of benzene rings is 1. The van der Waals surface area contributed by atoms with Gasteiger partial charge in [0.25, 0.3) is 0 Å². The van der Waals surface area contributed by atoms with E-state index in [1.54, 1.807) is 6.07 Å². The third kappa shape index (κ3) is 3.47. The second kappa shape index (κ2) is 6.06. The predicted molar refractivity (Wildman–Crippen MR) is 76.9 cm³/mol. The number of hydrogen-bond acceptors (Lipinski definition) is 3. The SMILES string of the molecule is Cc1cc(NCC2CCCCN2C)ccc1C(=O)O. The summed E-state index contributed by atoms with van der Waals surface area (Å²) in [5.41, 5.74) is 2.18. The molecular weight excluding hydrogens is 240 g/mol. The van der Waals surface area contributed by atoms with Crippen LogP contribution >= 0.6 is 0 Å². The van der Waals surface area contributed by atoms with E-state index in [4.69, 9.17) is 5.11 Å². The molecular formula is C15H22N2O2. The second-order valence-electron chi connectivity index (χ2n) is 5.35. The van der Waals surface area contributed by atoms with Gasteiger partial charge >= 0.3 is 5.97 Å². The molecule has 4 nitrogen and oxygen atoms in total. The number of anilines is 1. The molecule has 1 aliphatic heterocycles. The number of hydrogen-bond donors (Lipinski definition) is 2. The highest BCUT2D eigenvalue weighted by Gasteiger charge is 2.18. The molecule has 1 saturated heterocycles. The minimum absolute atomic E-state index is 0.375. The summed E-state index contributed by atoms with van der Waals surface area (Å²) in [5, 5.41) is 12.4. The number of nitrogens with zero attached hydrogens (tertiary/aromatic N) is 1. The van der Waals surface area contributed by atoms with Gasteiger partial charge in [0.1, 0.15) is 0 Å². The highest BCUT2D eigenvalue weighted by Crippen LogP contribution is 2.18. The molecule has 4 heteroatoms. The van der Waals surface area contributed by atoms with Crippen LogP contribution in [0.4, 0.5) is 5.69 Å². The molecule has 2 N–H and O–H groups in total. The first kappa shape index (κ1) is 13.9. The first-order valence-electron chi connectivity index (χ1n) is 6.86. The molecule has 0 aliphatic carbocycles. The number of nitrogens with one attached hydrogen (secondary N) is 1. The average Bonchev–Trinajstić information content (AvgIpc) is 2.37. The van der Waals surface area contributed by atoms with Gasteiger partial charge in [-0.05, 0) is 57.1 Å². The van der Waals surface area contributed by atoms with Crippen LogP contribution in [-0.2, 0) is 0 Å². The Kier molecular flexibility index (Phi) is 4.43. The number of carbonyl (C=O) groups is 1. The number of likely N-dealkylation sites (tertiary alicyclic amines) is 1. The Labute approximate surface area is 114 Å². The van der Waals surface area contributed by atoms with Crippen LogP contribution in [-0.4, -0.2) is 42.2 Å². The van der Waals surface area contributed by atoms with E-state index in [1.165, 1.54) is 25.8 Å². The van der Waals surface area contributed by atoms with E-state index in [0.717, 1.165) is 17.8 Å². The topological polar surface area (TPSA) is 52.6 Å². The van der Waals surface area contributed by atoms with Crippen molar-refractivity contribution in [3.05, 3.63) is 29.3 Å². The van der Waals surface area contributed by atoms with Crippen LogP contribution in [0.15, 0.2) is 18.2 Å². The maximum Gasteiger partial charge on any atom is 0.335 e. The summed E-state index contributed by atoms with van der Waals surface area (Å²) in [4.78, 5) is 13.4. The molecule has 1 atom stereocenters. The summed E-state index contributed by atoms with van der Waals surface area (Å²) < 4.78 is 0. The summed E-state index contributed by atoms with van der Waals surface area (Å²) in [6.45, 7) is 3.92. The Hall–Kier alpha value is -1.55. The molecule has 104 valence electrons. The summed E-state index contributed by atoms with van der Waals surface area (Å²) in [7, 11) is 2.17. The molecule has 1 heterocycles. The minimum atomic E-state index is -0.865. The molecule has 0 radical (unpaired) electrons. The lowest BCUT2D eigenvalue weighted by atomic mass is 10.0. The monoisotopic (exact) mass is 262 g/mol. The van der Waals surface area contributed by atoms with Crippen LogP contribution in [0.1, 0.15) is 35.2 Å². The lowest BCUT2D eigenvalue weighted by Gasteiger charge is -2.32. The fourth-order valence-electron chi connectivity index (χ4n) is 2.65. The number of rotatable bonds is 4. The zero-order valence-corrected chi connectivity index (χ0v) is 11.6. The quantitative estimate of drug-likeness (QED) is 0.875. The Morgan fingerprint density at radius 1 is 1.47 bits per heavy atom. The molecule has 0 aromatic heterocycles. The third-order valence-corrected chi connectivity index (χ3v) is 3.92. The average molecular weight is 262 g/mol. The van der Waals surface area contributed by atoms with Gasteiger partial charge in [-0.2, -0.15) is 0 Å². The van der Waals surface area contributed by atoms with Crippen LogP contribution in [0.2, 0.25) is 0 Å². The van der Waals surface area contributed by atoms with Crippen molar-refractivity contribution in [1.82, 2.24) is 4.90 Å². The molecule has 0 bridgehead atoms. The lowest BCUT2D eigenvalue weighted by Crippen LogP contribution is -2.40. The molecule has 0 amide bonds. The van der Waals surface area contributed by atoms with Gasteiger partial charge < -0.3 is 15.3 Å². The smallest absolute Gasteiger partial charge is 0.335 e. The van der Waals surface area contributed by atoms with Crippen molar-refractivity contribution in [1.29, 1.82) is 0 Å². The number of carboxylic acids is 1. The van der Waals surface area contributed by atoms with E-state index >= 15 is 0 Å². The summed E-state index contributed by atoms with van der Waals surface area (Å²) in [6.07, 6.45) is 3.82. The van der Waals surface area contributed by atoms with Crippen molar-refractivity contribution in [2.45, 2.75) is 32.2 Å². The van der Waals surface area contributed by atoms with Crippen molar-refractivity contribution in [2.75, 3.05) is 25.5 Å². The second-order valence-corrected chi connectivity index (χ2v) is 5.35. The van der Waals surface area contributed by atoms with E-state index in [0.29, 0.717) is 11.6 Å². The zero-order chi connectivity index (χ0) is 13.8. The summed E-state index contributed by atoms with van der Waals surface area (Å²) in [5.74, 6) is -0.865. The Morgan fingerprint density at radius 2 is 2.26 bits per heavy atom. The lowest BCUT2D eigenvalue weighted by molar-refractivity contribution is 0.0696. The van der Waals surface area contributed by atoms with E-state index in [-0.39, 0.29) is 0 Å². The maximum atomic E-state index is 11.0. The Balaban J connectivity index is 1.96. The van der Waals surface area contributed by atoms with Crippen molar-refractivity contribution < 1.29 is 9.90 Å². The normalized spacial score (nSPS) is 20.2. The van der Waals surface area contributed by atoms with Crippen LogP contribution in [0, 0.1) is 6.92 Å². The van der Waals surface area contributed by atoms with Gasteiger partial charge in [0.2, 0.25) is 0 Å². The van der Waals surface area contributed by atoms with Gasteiger partial charge in [0.05, 0.1) is 5.56 Å². The number of aryl methyl sites for hydroxylation is 1. The largest absolute Gasteiger partial charge is 0.478 e. The zero-order valence-electron chi connectivity index (χ0n) is 11.6. The fraction of sp³-hybridized carbons (Fsp3) is 0.533. The van der Waals surface area contributed by atoms with Crippen molar-refractivity contribution in [3.63, 3.8) is 0 Å². The molecule has 0 saturated carbocycles. The molecule has 1 fully saturated rings. The van der Waals surface area contributed by atoms with Gasteiger partial charge in [0, 0.05) is 18.3 Å². The van der Waals surface area contributed by atoms with Crippen molar-refractivity contribution in [2.24, 2.45) is 0 Å². The Morgan fingerprint density at radius 3 is 2.89 bits per heavy atom. The van der Waals surface area contributed by atoms with Crippen LogP contribution in [0.25, 0.3) is 0 Å². The van der Waals surface area contributed by atoms with Crippen molar-refractivity contribution in [3.8, 4) is 0 Å². The van der Waals surface area contributed by atoms with E-state index in [9.17, 15) is 4.79 Å². The highest BCUT2D eigenvalue weighted by atomic mass is 16.4. The van der Waals surface area contributed by atoms with Gasteiger partial charge in [-0.3, -0.25) is 0 Å². The molecule has 2 rings (SSSR count). The molecule has 1 unspecified atom stereocenters. The molecule has 1 aromatic rings. The first-order chi connectivity index (χ1) is 9.08. The highest BCUT2D eigenvalue weighted by molar-refractivity contribution is 5.89. The third-order valence-electron chi connectivity index (χ3n) is 3.92. The summed E-state index contributed by atoms with van der Waals surface area (Å²) in [6, 6.07) is 6.00.